The standard InChI is InChI=1S/C74H93BN2OSi/c1-22-47(39-52-45(2)67(3,4)29-30-69(52,7)8)77-61-38-46(49-25-23-24-26-63(49)79(19,20)21)37-60-65(61)75(64-50-41-54-57(44-62(50)78-66(64)77)74(17,18)36-33-71(54,11)12)58-42-55-56(73(15,16)35-34-72(55,13)14)43-59(58)76(60)48-27-28-51-53(40-48)70(9,10)32-31-68(51,5)6/h22-28,37-44H,1,29-36H2,2-21H3/b47-39+. The van der Waals surface area contributed by atoms with Gasteiger partial charge in [0.1, 0.15) is 5.58 Å². The van der Waals surface area contributed by atoms with Crippen LogP contribution in [-0.2, 0) is 32.5 Å². The van der Waals surface area contributed by atoms with Gasteiger partial charge in [-0.05, 0) is 217 Å². The van der Waals surface area contributed by atoms with Crippen LogP contribution >= 0.6 is 0 Å². The Balaban J connectivity index is 1.28. The predicted octanol–water partition coefficient (Wildman–Crippen LogP) is 18.7. The van der Waals surface area contributed by atoms with Crippen molar-refractivity contribution in [1.82, 2.24) is 0 Å². The SMILES string of the molecule is C=C/C(=C\C1=C(C)C(C)(C)CCC1(C)C)N1c2cc(-c3ccccc3[Si](C)(C)C)cc3c2B(c2cc4c(cc2N3c2ccc3c(c2)C(C)(C)CCC3(C)C)C(C)(C)CCC4(C)C)c2c1oc1cc3c(cc21)C(C)(C)CCC3(C)C. The van der Waals surface area contributed by atoms with Crippen molar-refractivity contribution >= 4 is 76.0 Å². The summed E-state index contributed by atoms with van der Waals surface area (Å²) >= 11 is 0. The molecule has 2 aliphatic heterocycles. The van der Waals surface area contributed by atoms with Crippen LogP contribution in [0.5, 0.6) is 0 Å². The highest BCUT2D eigenvalue weighted by Crippen LogP contribution is 2.56. The lowest BCUT2D eigenvalue weighted by atomic mass is 9.33. The van der Waals surface area contributed by atoms with Crippen molar-refractivity contribution in [3.05, 3.63) is 148 Å². The van der Waals surface area contributed by atoms with Gasteiger partial charge in [0.15, 0.2) is 0 Å². The number of furan rings is 1. The van der Waals surface area contributed by atoms with Crippen LogP contribution in [0.2, 0.25) is 19.6 Å². The van der Waals surface area contributed by atoms with Crippen molar-refractivity contribution in [2.45, 2.75) is 221 Å². The fourth-order valence-electron chi connectivity index (χ4n) is 15.9. The first kappa shape index (κ1) is 54.3. The van der Waals surface area contributed by atoms with Gasteiger partial charge < -0.3 is 9.32 Å². The second-order valence-corrected chi connectivity index (χ2v) is 37.2. The first-order chi connectivity index (χ1) is 36.6. The summed E-state index contributed by atoms with van der Waals surface area (Å²) in [6.45, 7) is 54.2. The molecule has 412 valence electrons. The van der Waals surface area contributed by atoms with Crippen LogP contribution in [0.1, 0.15) is 202 Å². The van der Waals surface area contributed by atoms with E-state index in [4.69, 9.17) is 11.0 Å². The molecule has 3 nitrogen and oxygen atoms in total. The molecule has 5 aromatic carbocycles. The highest BCUT2D eigenvalue weighted by molar-refractivity contribution is 7.01. The van der Waals surface area contributed by atoms with E-state index in [1.807, 2.05) is 0 Å². The molecule has 0 N–H and O–H groups in total. The maximum absolute atomic E-state index is 7.83. The third-order valence-corrected chi connectivity index (χ3v) is 24.1. The lowest BCUT2D eigenvalue weighted by Crippen LogP contribution is -2.62. The van der Waals surface area contributed by atoms with E-state index in [0.29, 0.717) is 0 Å². The Hall–Kier alpha value is -5.26. The van der Waals surface area contributed by atoms with E-state index in [2.05, 4.69) is 238 Å². The van der Waals surface area contributed by atoms with Gasteiger partial charge in [-0.3, -0.25) is 4.90 Å². The minimum Gasteiger partial charge on any atom is -0.440 e. The van der Waals surface area contributed by atoms with E-state index < -0.39 is 8.07 Å². The normalized spacial score (nSPS) is 22.3. The van der Waals surface area contributed by atoms with Gasteiger partial charge in [-0.1, -0.05) is 184 Å². The van der Waals surface area contributed by atoms with E-state index in [0.717, 1.165) is 55.7 Å². The van der Waals surface area contributed by atoms with Crippen LogP contribution in [0, 0.1) is 10.8 Å². The summed E-state index contributed by atoms with van der Waals surface area (Å²) in [5.74, 6) is 0.929. The highest BCUT2D eigenvalue weighted by atomic mass is 28.3. The molecule has 0 radical (unpaired) electrons. The van der Waals surface area contributed by atoms with E-state index in [-0.39, 0.29) is 50.0 Å². The molecule has 0 saturated carbocycles. The Morgan fingerprint density at radius 2 is 1.04 bits per heavy atom. The number of hydrogen-bond acceptors (Lipinski definition) is 3. The molecule has 0 atom stereocenters. The Labute approximate surface area is 478 Å². The van der Waals surface area contributed by atoms with Crippen LogP contribution in [0.25, 0.3) is 22.1 Å². The lowest BCUT2D eigenvalue weighted by molar-refractivity contribution is 0.267. The molecule has 1 aromatic heterocycles. The van der Waals surface area contributed by atoms with Gasteiger partial charge >= 0.3 is 0 Å². The molecule has 12 rings (SSSR count). The number of fused-ring (bicyclic) bond motifs is 9. The van der Waals surface area contributed by atoms with Gasteiger partial charge in [0.05, 0.1) is 8.07 Å². The average molecular weight is 1070 g/mol. The van der Waals surface area contributed by atoms with Gasteiger partial charge in [0, 0.05) is 39.3 Å². The summed E-state index contributed by atoms with van der Waals surface area (Å²) in [5, 5.41) is 2.72. The zero-order chi connectivity index (χ0) is 56.9. The molecule has 0 fully saturated rings. The molecule has 0 bridgehead atoms. The number of hydrogen-bond donors (Lipinski definition) is 0. The second kappa shape index (κ2) is 17.2. The summed E-state index contributed by atoms with van der Waals surface area (Å²) in [6, 6.07) is 32.6. The molecule has 0 saturated heterocycles. The van der Waals surface area contributed by atoms with Gasteiger partial charge in [0.25, 0.3) is 6.71 Å². The van der Waals surface area contributed by atoms with Gasteiger partial charge in [0.2, 0.25) is 5.88 Å². The number of benzene rings is 5. The molecular formula is C74H93BN2OSi. The third kappa shape index (κ3) is 8.20. The quantitative estimate of drug-likeness (QED) is 0.122. The Bertz CT molecular complexity index is 3670. The molecule has 0 amide bonds. The summed E-state index contributed by atoms with van der Waals surface area (Å²) in [6.07, 6.45) is 13.9. The fraction of sp³-hybridized carbons (Fsp3) is 0.486. The van der Waals surface area contributed by atoms with Crippen molar-refractivity contribution in [2.75, 3.05) is 9.80 Å². The van der Waals surface area contributed by atoms with Gasteiger partial charge in [-0.15, -0.1) is 0 Å². The number of rotatable bonds is 6. The third-order valence-electron chi connectivity index (χ3n) is 22.1. The summed E-state index contributed by atoms with van der Waals surface area (Å²) in [7, 11) is -1.86. The Morgan fingerprint density at radius 1 is 0.532 bits per heavy atom. The maximum atomic E-state index is 7.83. The van der Waals surface area contributed by atoms with E-state index in [1.54, 1.807) is 0 Å². The van der Waals surface area contributed by atoms with Crippen molar-refractivity contribution < 1.29 is 4.42 Å². The van der Waals surface area contributed by atoms with Gasteiger partial charge in [-0.2, -0.15) is 0 Å². The molecular weight excluding hydrogens is 972 g/mol. The largest absolute Gasteiger partial charge is 0.440 e. The highest BCUT2D eigenvalue weighted by Gasteiger charge is 2.51. The maximum Gasteiger partial charge on any atom is 0.257 e. The topological polar surface area (TPSA) is 19.6 Å². The molecule has 5 heteroatoms. The minimum absolute atomic E-state index is 0.00123. The summed E-state index contributed by atoms with van der Waals surface area (Å²) in [5.41, 5.74) is 25.6. The second-order valence-electron chi connectivity index (χ2n) is 32.1. The zero-order valence-corrected chi connectivity index (χ0v) is 53.4. The van der Waals surface area contributed by atoms with Crippen molar-refractivity contribution in [3.8, 4) is 11.1 Å². The monoisotopic (exact) mass is 1060 g/mol. The van der Waals surface area contributed by atoms with Crippen molar-refractivity contribution in [2.24, 2.45) is 10.8 Å². The van der Waals surface area contributed by atoms with E-state index in [1.165, 1.54) is 118 Å². The molecule has 4 aliphatic carbocycles. The van der Waals surface area contributed by atoms with E-state index in [9.17, 15) is 0 Å². The number of nitrogens with zero attached hydrogens (tertiary/aromatic N) is 2. The summed E-state index contributed by atoms with van der Waals surface area (Å²) in [4.78, 5) is 5.30. The lowest BCUT2D eigenvalue weighted by Gasteiger charge is -2.47. The number of allylic oxidation sites excluding steroid dienone is 4. The van der Waals surface area contributed by atoms with Crippen LogP contribution in [-0.4, -0.2) is 14.8 Å². The molecule has 3 heterocycles. The van der Waals surface area contributed by atoms with Crippen molar-refractivity contribution in [3.63, 3.8) is 0 Å². The first-order valence-corrected chi connectivity index (χ1v) is 34.0. The van der Waals surface area contributed by atoms with Crippen LogP contribution in [0.15, 0.2) is 119 Å². The van der Waals surface area contributed by atoms with Crippen LogP contribution in [0.3, 0.4) is 0 Å². The Morgan fingerprint density at radius 3 is 1.63 bits per heavy atom. The first-order valence-electron chi connectivity index (χ1n) is 30.5. The van der Waals surface area contributed by atoms with Crippen LogP contribution in [0.4, 0.5) is 28.6 Å². The molecule has 6 aliphatic rings. The zero-order valence-electron chi connectivity index (χ0n) is 52.4. The van der Waals surface area contributed by atoms with Crippen molar-refractivity contribution in [1.29, 1.82) is 0 Å². The number of anilines is 5. The van der Waals surface area contributed by atoms with Crippen LogP contribution < -0.4 is 31.4 Å². The fourth-order valence-corrected chi connectivity index (χ4v) is 17.5. The smallest absolute Gasteiger partial charge is 0.257 e. The molecule has 0 unspecified atom stereocenters. The predicted molar refractivity (Wildman–Crippen MR) is 346 cm³/mol. The van der Waals surface area contributed by atoms with E-state index >= 15 is 0 Å². The summed E-state index contributed by atoms with van der Waals surface area (Å²) < 4.78 is 7.83. The molecule has 0 spiro atoms. The van der Waals surface area contributed by atoms with Gasteiger partial charge in [-0.25, -0.2) is 0 Å². The Kier molecular flexibility index (Phi) is 11.8. The minimum atomic E-state index is -1.86. The molecule has 79 heavy (non-hydrogen) atoms. The molecule has 6 aromatic rings. The average Bonchev–Trinajstić information content (AvgIpc) is 2.49.